The zero-order valence-corrected chi connectivity index (χ0v) is 35.8. The van der Waals surface area contributed by atoms with Crippen molar-refractivity contribution in [1.29, 1.82) is 0 Å². The molecule has 27 heteroatoms. The van der Waals surface area contributed by atoms with Crippen LogP contribution in [-0.4, -0.2) is 114 Å². The minimum absolute atomic E-state index is 0.00757. The Kier molecular flexibility index (Phi) is 12.3. The van der Waals surface area contributed by atoms with Crippen LogP contribution in [0.4, 0.5) is 20.4 Å². The second-order valence-electron chi connectivity index (χ2n) is 16.6. The lowest BCUT2D eigenvalue weighted by Crippen LogP contribution is -2.38. The van der Waals surface area contributed by atoms with Crippen LogP contribution in [0.5, 0.6) is 0 Å². The summed E-state index contributed by atoms with van der Waals surface area (Å²) in [5.74, 6) is -1.49. The van der Waals surface area contributed by atoms with Crippen molar-refractivity contribution in [3.63, 3.8) is 0 Å². The van der Waals surface area contributed by atoms with Gasteiger partial charge in [-0.3, -0.25) is 41.4 Å². The van der Waals surface area contributed by atoms with Gasteiger partial charge in [0.1, 0.15) is 42.0 Å². The molecule has 3 saturated heterocycles. The number of anilines is 2. The molecule has 0 radical (unpaired) electrons. The van der Waals surface area contributed by atoms with Crippen LogP contribution < -0.4 is 11.5 Å². The van der Waals surface area contributed by atoms with Crippen LogP contribution in [0.1, 0.15) is 67.3 Å². The molecular weight excluding hydrogens is 856 g/mol. The van der Waals surface area contributed by atoms with E-state index < -0.39 is 120 Å². The van der Waals surface area contributed by atoms with Crippen LogP contribution in [0.15, 0.2) is 25.3 Å². The maximum Gasteiger partial charge on any atom is 0.478 e. The predicted octanol–water partition coefficient (Wildman–Crippen LogP) is 4.31. The molecular formula is C34H46F2N10O13P2. The number of carbonyl (C=O) groups is 2. The van der Waals surface area contributed by atoms with Gasteiger partial charge in [-0.2, -0.15) is 0 Å². The molecule has 0 aromatic carbocycles. The SMILES string of the molecule is C[C@H]1C[C@H]2O[C@@H](n3cnc4c(N)ncnc43)[C@H](F)[C@@H]2OP(=O)(OCOC(=O)C(C)(C)C)OC[C@H]2O[C@@H](n3cnc4c(N)ncnc43)[C@H](F)[C@@H]2OP1(=O)OCOC(=O)C(C)(C)C. The van der Waals surface area contributed by atoms with Gasteiger partial charge in [0.25, 0.3) is 0 Å². The number of aromatic nitrogens is 8. The first-order valence-corrected chi connectivity index (χ1v) is 22.0. The van der Waals surface area contributed by atoms with E-state index in [4.69, 9.17) is 53.0 Å². The molecule has 2 unspecified atom stereocenters. The predicted molar refractivity (Wildman–Crippen MR) is 205 cm³/mol. The Bertz CT molecular complexity index is 2380. The third-order valence-corrected chi connectivity index (χ3v) is 13.6. The number of phosphoric ester groups is 1. The van der Waals surface area contributed by atoms with Gasteiger partial charge in [0.15, 0.2) is 47.7 Å². The third-order valence-electron chi connectivity index (χ3n) is 9.93. The molecule has 0 saturated carbocycles. The van der Waals surface area contributed by atoms with Gasteiger partial charge in [0.2, 0.25) is 13.6 Å². The molecule has 11 atom stereocenters. The van der Waals surface area contributed by atoms with Crippen molar-refractivity contribution in [1.82, 2.24) is 39.0 Å². The quantitative estimate of drug-likeness (QED) is 0.141. The van der Waals surface area contributed by atoms with Gasteiger partial charge >= 0.3 is 27.4 Å². The summed E-state index contributed by atoms with van der Waals surface area (Å²) in [6, 6.07) is 0. The number of halogens is 2. The van der Waals surface area contributed by atoms with Crippen molar-refractivity contribution in [2.75, 3.05) is 31.7 Å². The van der Waals surface area contributed by atoms with Gasteiger partial charge in [0, 0.05) is 0 Å². The molecule has 7 rings (SSSR count). The first-order valence-electron chi connectivity index (χ1n) is 18.9. The molecule has 4 aromatic rings. The van der Waals surface area contributed by atoms with E-state index in [1.54, 1.807) is 41.5 Å². The number of ether oxygens (including phenoxy) is 4. The van der Waals surface area contributed by atoms with Gasteiger partial charge in [-0.15, -0.1) is 0 Å². The fraction of sp³-hybridized carbons (Fsp3) is 0.647. The van der Waals surface area contributed by atoms with E-state index in [-0.39, 0.29) is 34.0 Å². The zero-order chi connectivity index (χ0) is 44.2. The van der Waals surface area contributed by atoms with Gasteiger partial charge in [-0.05, 0) is 48.0 Å². The number of hydrogen-bond acceptors (Lipinski definition) is 21. The Hall–Kier alpha value is -4.32. The lowest BCUT2D eigenvalue weighted by atomic mass is 9.98. The number of nitrogens with two attached hydrogens (primary N) is 2. The summed E-state index contributed by atoms with van der Waals surface area (Å²) in [7, 11) is -9.77. The molecule has 0 aliphatic carbocycles. The Morgan fingerprint density at radius 1 is 0.754 bits per heavy atom. The normalized spacial score (nSPS) is 32.5. The maximum absolute atomic E-state index is 17.0. The van der Waals surface area contributed by atoms with E-state index in [0.29, 0.717) is 0 Å². The van der Waals surface area contributed by atoms with E-state index in [2.05, 4.69) is 29.9 Å². The molecule has 23 nitrogen and oxygen atoms in total. The highest BCUT2D eigenvalue weighted by atomic mass is 31.2. The lowest BCUT2D eigenvalue weighted by Gasteiger charge is -2.33. The number of hydrogen-bond donors (Lipinski definition) is 2. The molecule has 0 bridgehead atoms. The highest BCUT2D eigenvalue weighted by Gasteiger charge is 2.57. The molecule has 3 aliphatic rings. The lowest BCUT2D eigenvalue weighted by molar-refractivity contribution is -0.161. The maximum atomic E-state index is 17.0. The monoisotopic (exact) mass is 902 g/mol. The standard InChI is InChI=1S/C34H46F2N10O13P2/c1-16-8-17-23(19(35)29(56-17)45-12-43-21-25(37)39-10-41-27(21)45)59-61(50,55-15-52-32(48)34(5,6)7)53-9-18-24(58-60(16,49)54-14-51-31(47)33(2,3)4)20(36)30(57-18)46-13-44-22-26(38)40-11-42-28(22)46/h10-13,16-20,23-24,29-30H,8-9,14-15H2,1-7H3,(H2,37,39,41)(H2,38,40,42)/t16-,17+,18+,19+,20+,23+,24+,29+,30+,60?,61?/m0/s1. The van der Waals surface area contributed by atoms with E-state index in [0.717, 1.165) is 12.7 Å². The molecule has 7 heterocycles. The smallest absolute Gasteiger partial charge is 0.438 e. The fourth-order valence-corrected chi connectivity index (χ4v) is 9.60. The summed E-state index contributed by atoms with van der Waals surface area (Å²) in [6.07, 6.45) is -10.2. The van der Waals surface area contributed by atoms with Crippen LogP contribution >= 0.6 is 15.4 Å². The van der Waals surface area contributed by atoms with Gasteiger partial charge < -0.3 is 30.4 Å². The van der Waals surface area contributed by atoms with Crippen LogP contribution in [-0.2, 0) is 60.3 Å². The molecule has 0 amide bonds. The zero-order valence-electron chi connectivity index (χ0n) is 34.0. The molecule has 3 fully saturated rings. The van der Waals surface area contributed by atoms with Crippen LogP contribution in [0.25, 0.3) is 22.3 Å². The van der Waals surface area contributed by atoms with Crippen LogP contribution in [0.2, 0.25) is 0 Å². The highest BCUT2D eigenvalue weighted by Crippen LogP contribution is 2.61. The number of nitrogen functional groups attached to an aromatic ring is 2. The Morgan fingerprint density at radius 3 is 1.74 bits per heavy atom. The Balaban J connectivity index is 1.27. The third kappa shape index (κ3) is 8.98. The summed E-state index contributed by atoms with van der Waals surface area (Å²) >= 11 is 0. The minimum Gasteiger partial charge on any atom is -0.438 e. The van der Waals surface area contributed by atoms with Crippen LogP contribution in [0.3, 0.4) is 0 Å². The first kappa shape index (κ1) is 44.7. The van der Waals surface area contributed by atoms with Crippen molar-refractivity contribution >= 4 is 61.3 Å². The Labute approximate surface area is 346 Å². The second kappa shape index (κ2) is 16.8. The minimum atomic E-state index is -5.07. The fourth-order valence-electron chi connectivity index (χ4n) is 6.56. The van der Waals surface area contributed by atoms with Crippen molar-refractivity contribution in [2.24, 2.45) is 10.8 Å². The summed E-state index contributed by atoms with van der Waals surface area (Å²) in [5.41, 5.74) is 8.99. The molecule has 334 valence electrons. The second-order valence-corrected chi connectivity index (χ2v) is 20.6. The first-order chi connectivity index (χ1) is 28.6. The highest BCUT2D eigenvalue weighted by molar-refractivity contribution is 7.54. The largest absolute Gasteiger partial charge is 0.478 e. The number of phosphoric acid groups is 1. The molecule has 0 spiro atoms. The number of esters is 2. The van der Waals surface area contributed by atoms with Crippen molar-refractivity contribution < 1.29 is 69.1 Å². The molecule has 3 aliphatic heterocycles. The topological polar surface area (TPSA) is 291 Å². The van der Waals surface area contributed by atoms with E-state index >= 15 is 13.3 Å². The number of alkyl halides is 2. The number of fused-ring (bicyclic) bond motifs is 4. The summed E-state index contributed by atoms with van der Waals surface area (Å²) in [6.45, 7) is 8.07. The average Bonchev–Trinajstić information content (AvgIpc) is 3.95. The average molecular weight is 903 g/mol. The van der Waals surface area contributed by atoms with Crippen LogP contribution in [0, 0.1) is 10.8 Å². The van der Waals surface area contributed by atoms with E-state index in [1.807, 2.05) is 0 Å². The van der Waals surface area contributed by atoms with Crippen molar-refractivity contribution in [3.8, 4) is 0 Å². The van der Waals surface area contributed by atoms with Gasteiger partial charge in [0.05, 0.1) is 41.9 Å². The van der Waals surface area contributed by atoms with E-state index in [1.165, 1.54) is 28.7 Å². The summed E-state index contributed by atoms with van der Waals surface area (Å²) in [4.78, 5) is 49.8. The number of rotatable bonds is 8. The van der Waals surface area contributed by atoms with Crippen molar-refractivity contribution in [2.45, 2.75) is 110 Å². The summed E-state index contributed by atoms with van der Waals surface area (Å²) < 4.78 is 118. The van der Waals surface area contributed by atoms with Crippen molar-refractivity contribution in [3.05, 3.63) is 25.3 Å². The van der Waals surface area contributed by atoms with Gasteiger partial charge in [-0.1, -0.05) is 6.92 Å². The molecule has 4 N–H and O–H groups in total. The van der Waals surface area contributed by atoms with E-state index in [9.17, 15) is 14.2 Å². The summed E-state index contributed by atoms with van der Waals surface area (Å²) in [5, 5.41) is 0. The van der Waals surface area contributed by atoms with Gasteiger partial charge in [-0.25, -0.2) is 47.8 Å². The number of imidazole rings is 2. The molecule has 4 aromatic heterocycles. The Morgan fingerprint density at radius 2 is 1.23 bits per heavy atom. The number of nitrogens with zero attached hydrogens (tertiary/aromatic N) is 8. The molecule has 61 heavy (non-hydrogen) atoms. The number of carbonyl (C=O) groups excluding carboxylic acids is 2.